The van der Waals surface area contributed by atoms with E-state index in [-0.39, 0.29) is 5.91 Å². The molecule has 0 radical (unpaired) electrons. The summed E-state index contributed by atoms with van der Waals surface area (Å²) < 4.78 is 12.0. The Morgan fingerprint density at radius 1 is 1.23 bits per heavy atom. The number of nitrogens with one attached hydrogen (secondary N) is 1. The van der Waals surface area contributed by atoms with E-state index < -0.39 is 0 Å². The molecule has 0 heterocycles. The fourth-order valence-corrected chi connectivity index (χ4v) is 2.68. The lowest BCUT2D eigenvalue weighted by atomic mass is 10.1. The first-order valence-corrected chi connectivity index (χ1v) is 9.36. The van der Waals surface area contributed by atoms with Gasteiger partial charge in [-0.15, -0.1) is 0 Å². The lowest BCUT2D eigenvalue weighted by Crippen LogP contribution is -2.12. The van der Waals surface area contributed by atoms with Crippen LogP contribution in [0.25, 0.3) is 0 Å². The maximum absolute atomic E-state index is 12.5. The van der Waals surface area contributed by atoms with E-state index in [0.717, 1.165) is 16.6 Å². The fraction of sp³-hybridized carbons (Fsp3) is 0.286. The highest BCUT2D eigenvalue weighted by molar-refractivity contribution is 9.10. The summed E-state index contributed by atoms with van der Waals surface area (Å²) in [5.74, 6) is 1.81. The number of amides is 1. The van der Waals surface area contributed by atoms with Crippen molar-refractivity contribution in [2.24, 2.45) is 5.92 Å². The van der Waals surface area contributed by atoms with E-state index in [4.69, 9.17) is 9.47 Å². The molecule has 0 saturated heterocycles. The predicted octanol–water partition coefficient (Wildman–Crippen LogP) is 5.69. The highest BCUT2D eigenvalue weighted by Crippen LogP contribution is 2.27. The Hall–Kier alpha value is -2.27. The van der Waals surface area contributed by atoms with Crippen LogP contribution in [0.4, 0.5) is 5.69 Å². The van der Waals surface area contributed by atoms with Crippen LogP contribution in [0.3, 0.4) is 0 Å². The van der Waals surface area contributed by atoms with Crippen molar-refractivity contribution < 1.29 is 14.3 Å². The number of carbonyl (C=O) groups excluding carboxylic acids is 1. The zero-order valence-corrected chi connectivity index (χ0v) is 16.7. The van der Waals surface area contributed by atoms with Crippen LogP contribution < -0.4 is 14.8 Å². The van der Waals surface area contributed by atoms with Gasteiger partial charge in [-0.05, 0) is 58.6 Å². The minimum atomic E-state index is -0.194. The van der Waals surface area contributed by atoms with Gasteiger partial charge in [0.2, 0.25) is 0 Å². The number of hydrogen-bond donors (Lipinski definition) is 1. The Balaban J connectivity index is 2.01. The van der Waals surface area contributed by atoms with Gasteiger partial charge in [-0.2, -0.15) is 0 Å². The third-order valence-corrected chi connectivity index (χ3v) is 4.23. The predicted molar refractivity (Wildman–Crippen MR) is 109 cm³/mol. The van der Waals surface area contributed by atoms with Crippen molar-refractivity contribution in [1.82, 2.24) is 0 Å². The molecule has 138 valence electrons. The lowest BCUT2D eigenvalue weighted by Gasteiger charge is -2.11. The van der Waals surface area contributed by atoms with E-state index in [1.165, 1.54) is 0 Å². The molecule has 2 aromatic rings. The molecule has 1 amide bonds. The molecule has 0 bridgehead atoms. The first-order valence-electron chi connectivity index (χ1n) is 8.57. The SMILES string of the molecule is C=CCOc1cccc(NC(=O)c2ccc(OCCC(C)C)c(Br)c2)c1. The van der Waals surface area contributed by atoms with Crippen molar-refractivity contribution in [1.29, 1.82) is 0 Å². The van der Waals surface area contributed by atoms with Crippen molar-refractivity contribution >= 4 is 27.5 Å². The molecule has 0 atom stereocenters. The second kappa shape index (κ2) is 10.0. The van der Waals surface area contributed by atoms with E-state index in [0.29, 0.717) is 36.1 Å². The van der Waals surface area contributed by atoms with Gasteiger partial charge in [0.25, 0.3) is 5.91 Å². The Kier molecular flexibility index (Phi) is 7.73. The summed E-state index contributed by atoms with van der Waals surface area (Å²) in [4.78, 5) is 12.5. The van der Waals surface area contributed by atoms with E-state index in [1.807, 2.05) is 24.3 Å². The summed E-state index contributed by atoms with van der Waals surface area (Å²) in [6, 6.07) is 12.6. The molecule has 0 saturated carbocycles. The monoisotopic (exact) mass is 417 g/mol. The maximum atomic E-state index is 12.5. The van der Waals surface area contributed by atoms with E-state index in [2.05, 4.69) is 41.7 Å². The van der Waals surface area contributed by atoms with Crippen LogP contribution in [-0.2, 0) is 0 Å². The normalized spacial score (nSPS) is 10.5. The molecule has 26 heavy (non-hydrogen) atoms. The van der Waals surface area contributed by atoms with Crippen molar-refractivity contribution in [2.45, 2.75) is 20.3 Å². The standard InChI is InChI=1S/C21H24BrNO3/c1-4-11-25-18-7-5-6-17(14-18)23-21(24)16-8-9-20(19(22)13-16)26-12-10-15(2)3/h4-9,13-15H,1,10-12H2,2-3H3,(H,23,24). The number of hydrogen-bond acceptors (Lipinski definition) is 3. The molecule has 0 aromatic heterocycles. The topological polar surface area (TPSA) is 47.6 Å². The molecule has 4 nitrogen and oxygen atoms in total. The number of anilines is 1. The van der Waals surface area contributed by atoms with Gasteiger partial charge < -0.3 is 14.8 Å². The quantitative estimate of drug-likeness (QED) is 0.532. The molecular weight excluding hydrogens is 394 g/mol. The Labute approximate surface area is 163 Å². The third-order valence-electron chi connectivity index (χ3n) is 3.61. The van der Waals surface area contributed by atoms with Crippen LogP contribution in [0.15, 0.2) is 59.6 Å². The minimum Gasteiger partial charge on any atom is -0.492 e. The number of carbonyl (C=O) groups is 1. The van der Waals surface area contributed by atoms with Crippen molar-refractivity contribution in [3.05, 3.63) is 65.2 Å². The summed E-state index contributed by atoms with van der Waals surface area (Å²) in [5.41, 5.74) is 1.22. The molecule has 0 unspecified atom stereocenters. The Morgan fingerprint density at radius 2 is 2.04 bits per heavy atom. The minimum absolute atomic E-state index is 0.194. The number of ether oxygens (including phenoxy) is 2. The fourth-order valence-electron chi connectivity index (χ4n) is 2.19. The summed E-state index contributed by atoms with van der Waals surface area (Å²) >= 11 is 3.47. The smallest absolute Gasteiger partial charge is 0.255 e. The molecule has 2 rings (SSSR count). The highest BCUT2D eigenvalue weighted by atomic mass is 79.9. The van der Waals surface area contributed by atoms with Crippen LogP contribution in [0.2, 0.25) is 0 Å². The van der Waals surface area contributed by atoms with Gasteiger partial charge in [-0.25, -0.2) is 0 Å². The molecule has 0 aliphatic heterocycles. The number of benzene rings is 2. The second-order valence-corrected chi connectivity index (χ2v) is 7.11. The molecule has 0 aliphatic rings. The maximum Gasteiger partial charge on any atom is 0.255 e. The van der Waals surface area contributed by atoms with Gasteiger partial charge in [-0.1, -0.05) is 32.6 Å². The molecule has 0 spiro atoms. The van der Waals surface area contributed by atoms with Crippen LogP contribution in [0, 0.1) is 5.92 Å². The van der Waals surface area contributed by atoms with Crippen LogP contribution in [-0.4, -0.2) is 19.1 Å². The van der Waals surface area contributed by atoms with Gasteiger partial charge in [-0.3, -0.25) is 4.79 Å². The summed E-state index contributed by atoms with van der Waals surface area (Å²) in [5, 5.41) is 2.87. The van der Waals surface area contributed by atoms with Gasteiger partial charge in [0.1, 0.15) is 18.1 Å². The van der Waals surface area contributed by atoms with Crippen LogP contribution in [0.5, 0.6) is 11.5 Å². The van der Waals surface area contributed by atoms with Crippen LogP contribution in [0.1, 0.15) is 30.6 Å². The van der Waals surface area contributed by atoms with Gasteiger partial charge in [0.05, 0.1) is 11.1 Å². The third kappa shape index (κ3) is 6.23. The molecule has 0 fully saturated rings. The van der Waals surface area contributed by atoms with Gasteiger partial charge >= 0.3 is 0 Å². The molecular formula is C21H24BrNO3. The second-order valence-electron chi connectivity index (χ2n) is 6.26. The van der Waals surface area contributed by atoms with E-state index >= 15 is 0 Å². The number of halogens is 1. The lowest BCUT2D eigenvalue weighted by molar-refractivity contribution is 0.102. The Morgan fingerprint density at radius 3 is 2.73 bits per heavy atom. The van der Waals surface area contributed by atoms with E-state index in [1.54, 1.807) is 24.3 Å². The van der Waals surface area contributed by atoms with E-state index in [9.17, 15) is 4.79 Å². The molecule has 2 aromatic carbocycles. The summed E-state index contributed by atoms with van der Waals surface area (Å²) in [6.07, 6.45) is 2.66. The zero-order chi connectivity index (χ0) is 18.9. The van der Waals surface area contributed by atoms with Crippen molar-refractivity contribution in [3.8, 4) is 11.5 Å². The van der Waals surface area contributed by atoms with Gasteiger partial charge in [0.15, 0.2) is 0 Å². The first kappa shape index (κ1) is 20.0. The average molecular weight is 418 g/mol. The largest absolute Gasteiger partial charge is 0.492 e. The van der Waals surface area contributed by atoms with Crippen LogP contribution >= 0.6 is 15.9 Å². The first-order chi connectivity index (χ1) is 12.5. The van der Waals surface area contributed by atoms with Crippen molar-refractivity contribution in [2.75, 3.05) is 18.5 Å². The molecule has 5 heteroatoms. The Bertz CT molecular complexity index is 759. The molecule has 1 N–H and O–H groups in total. The zero-order valence-electron chi connectivity index (χ0n) is 15.1. The van der Waals surface area contributed by atoms with Crippen molar-refractivity contribution in [3.63, 3.8) is 0 Å². The van der Waals surface area contributed by atoms with Gasteiger partial charge in [0, 0.05) is 17.3 Å². The number of rotatable bonds is 9. The summed E-state index contributed by atoms with van der Waals surface area (Å²) in [7, 11) is 0. The average Bonchev–Trinajstić information content (AvgIpc) is 2.61. The molecule has 0 aliphatic carbocycles. The summed E-state index contributed by atoms with van der Waals surface area (Å²) in [6.45, 7) is 9.00. The highest BCUT2D eigenvalue weighted by Gasteiger charge is 2.10.